The molecular weight excluding hydrogens is 436 g/mol. The van der Waals surface area contributed by atoms with Gasteiger partial charge in [-0.1, -0.05) is 42.5 Å². The number of carbonyl (C=O) groups is 3. The fourth-order valence-electron chi connectivity index (χ4n) is 3.07. The summed E-state index contributed by atoms with van der Waals surface area (Å²) in [5.41, 5.74) is 1.72. The number of esters is 1. The van der Waals surface area contributed by atoms with Crippen LogP contribution >= 0.6 is 0 Å². The quantitative estimate of drug-likeness (QED) is 0.443. The number of rotatable bonds is 10. The summed E-state index contributed by atoms with van der Waals surface area (Å²) >= 11 is 0. The third-order valence-electron chi connectivity index (χ3n) is 4.96. The van der Waals surface area contributed by atoms with Gasteiger partial charge < -0.3 is 20.1 Å². The largest absolute Gasteiger partial charge is 0.497 e. The second-order valence-corrected chi connectivity index (χ2v) is 7.49. The van der Waals surface area contributed by atoms with Crippen LogP contribution in [0.1, 0.15) is 28.5 Å². The predicted molar refractivity (Wildman–Crippen MR) is 124 cm³/mol. The van der Waals surface area contributed by atoms with E-state index in [2.05, 4.69) is 20.6 Å². The summed E-state index contributed by atoms with van der Waals surface area (Å²) in [6.45, 7) is 1.59. The Balaban J connectivity index is 1.67. The lowest BCUT2D eigenvalue weighted by Crippen LogP contribution is -2.51. The van der Waals surface area contributed by atoms with Crippen LogP contribution in [0.4, 0.5) is 0 Å². The van der Waals surface area contributed by atoms with E-state index in [-0.39, 0.29) is 18.7 Å². The summed E-state index contributed by atoms with van der Waals surface area (Å²) in [7, 11) is 1.57. The molecule has 3 aromatic rings. The van der Waals surface area contributed by atoms with Gasteiger partial charge in [-0.05, 0) is 30.2 Å². The molecule has 1 aromatic heterocycles. The average molecular weight is 463 g/mol. The van der Waals surface area contributed by atoms with Gasteiger partial charge in [0.05, 0.1) is 13.3 Å². The molecule has 3 rings (SSSR count). The molecule has 0 saturated carbocycles. The van der Waals surface area contributed by atoms with Crippen molar-refractivity contribution >= 4 is 17.8 Å². The molecule has 9 nitrogen and oxygen atoms in total. The summed E-state index contributed by atoms with van der Waals surface area (Å²) in [6, 6.07) is 14.5. The maximum Gasteiger partial charge on any atom is 0.329 e. The van der Waals surface area contributed by atoms with Crippen molar-refractivity contribution in [3.8, 4) is 5.75 Å². The van der Waals surface area contributed by atoms with Gasteiger partial charge in [0.15, 0.2) is 0 Å². The van der Waals surface area contributed by atoms with Crippen LogP contribution < -0.4 is 15.4 Å². The van der Waals surface area contributed by atoms with Crippen molar-refractivity contribution in [2.24, 2.45) is 0 Å². The van der Waals surface area contributed by atoms with Crippen LogP contribution in [-0.2, 0) is 27.4 Å². The third kappa shape index (κ3) is 7.13. The zero-order chi connectivity index (χ0) is 24.3. The molecule has 34 heavy (non-hydrogen) atoms. The molecule has 2 atom stereocenters. The van der Waals surface area contributed by atoms with E-state index >= 15 is 0 Å². The molecule has 0 saturated heterocycles. The van der Waals surface area contributed by atoms with Crippen LogP contribution in [0.2, 0.25) is 0 Å². The Morgan fingerprint density at radius 2 is 1.68 bits per heavy atom. The fourth-order valence-corrected chi connectivity index (χ4v) is 3.07. The first-order valence-electron chi connectivity index (χ1n) is 10.7. The van der Waals surface area contributed by atoms with Gasteiger partial charge in [-0.25, -0.2) is 9.78 Å². The van der Waals surface area contributed by atoms with E-state index in [0.29, 0.717) is 5.75 Å². The van der Waals surface area contributed by atoms with Crippen molar-refractivity contribution in [3.63, 3.8) is 0 Å². The van der Waals surface area contributed by atoms with Gasteiger partial charge in [-0.2, -0.15) is 0 Å². The number of ether oxygens (including phenoxy) is 2. The smallest absolute Gasteiger partial charge is 0.329 e. The monoisotopic (exact) mass is 462 g/mol. The molecule has 0 spiro atoms. The van der Waals surface area contributed by atoms with Gasteiger partial charge in [0.2, 0.25) is 5.91 Å². The minimum Gasteiger partial charge on any atom is -0.497 e. The number of aromatic nitrogens is 2. The highest BCUT2D eigenvalue weighted by atomic mass is 16.5. The Kier molecular flexibility index (Phi) is 8.67. The van der Waals surface area contributed by atoms with Crippen LogP contribution in [-0.4, -0.2) is 46.9 Å². The molecule has 0 fully saturated rings. The lowest BCUT2D eigenvalue weighted by atomic mass is 10.1. The van der Waals surface area contributed by atoms with Crippen molar-refractivity contribution in [1.82, 2.24) is 20.6 Å². The molecule has 2 amide bonds. The molecule has 0 bridgehead atoms. The van der Waals surface area contributed by atoms with Crippen LogP contribution in [0.15, 0.2) is 73.2 Å². The standard InChI is InChI=1S/C25H26N4O5/c1-17(28-24(31)22-15-26-12-13-27-22)23(30)29-21(14-18-8-10-20(33-2)11-9-18)25(32)34-16-19-6-4-3-5-7-19/h3-13,15,17,21H,14,16H2,1-2H3,(H,28,31)(H,29,30). The van der Waals surface area contributed by atoms with Crippen molar-refractivity contribution in [2.75, 3.05) is 7.11 Å². The van der Waals surface area contributed by atoms with Gasteiger partial charge in [0.1, 0.15) is 30.1 Å². The molecule has 0 radical (unpaired) electrons. The minimum absolute atomic E-state index is 0.0770. The van der Waals surface area contributed by atoms with E-state index in [0.717, 1.165) is 11.1 Å². The first-order valence-corrected chi connectivity index (χ1v) is 10.7. The first-order chi connectivity index (χ1) is 16.5. The fraction of sp³-hybridized carbons (Fsp3) is 0.240. The summed E-state index contributed by atoms with van der Waals surface area (Å²) in [5.74, 6) is -0.988. The number of hydrogen-bond acceptors (Lipinski definition) is 7. The Morgan fingerprint density at radius 3 is 2.32 bits per heavy atom. The van der Waals surface area contributed by atoms with Crippen molar-refractivity contribution < 1.29 is 23.9 Å². The van der Waals surface area contributed by atoms with Gasteiger partial charge in [-0.15, -0.1) is 0 Å². The normalized spacial score (nSPS) is 12.2. The zero-order valence-corrected chi connectivity index (χ0v) is 18.9. The SMILES string of the molecule is COc1ccc(CC(NC(=O)C(C)NC(=O)c2cnccn2)C(=O)OCc2ccccc2)cc1. The van der Waals surface area contributed by atoms with Crippen LogP contribution in [0.3, 0.4) is 0 Å². The Labute approximate surface area is 197 Å². The van der Waals surface area contributed by atoms with E-state index < -0.39 is 29.9 Å². The van der Waals surface area contributed by atoms with Crippen LogP contribution in [0.5, 0.6) is 5.75 Å². The lowest BCUT2D eigenvalue weighted by Gasteiger charge is -2.21. The second kappa shape index (κ2) is 12.1. The molecule has 0 aliphatic carbocycles. The summed E-state index contributed by atoms with van der Waals surface area (Å²) in [5, 5.41) is 5.25. The number of nitrogens with zero attached hydrogens (tertiary/aromatic N) is 2. The van der Waals surface area contributed by atoms with E-state index in [1.165, 1.54) is 25.5 Å². The maximum absolute atomic E-state index is 12.9. The lowest BCUT2D eigenvalue weighted by molar-refractivity contribution is -0.149. The molecule has 0 aliphatic heterocycles. The average Bonchev–Trinajstić information content (AvgIpc) is 2.88. The molecule has 2 aromatic carbocycles. The predicted octanol–water partition coefficient (Wildman–Crippen LogP) is 2.07. The molecule has 2 unspecified atom stereocenters. The summed E-state index contributed by atoms with van der Waals surface area (Å²) in [6.07, 6.45) is 4.33. The Bertz CT molecular complexity index is 1090. The molecular formula is C25H26N4O5. The number of nitrogens with one attached hydrogen (secondary N) is 2. The minimum atomic E-state index is -0.958. The highest BCUT2D eigenvalue weighted by Crippen LogP contribution is 2.14. The number of benzene rings is 2. The van der Waals surface area contributed by atoms with Gasteiger partial charge >= 0.3 is 5.97 Å². The highest BCUT2D eigenvalue weighted by molar-refractivity contribution is 5.96. The van der Waals surface area contributed by atoms with Gasteiger partial charge in [0, 0.05) is 18.8 Å². The third-order valence-corrected chi connectivity index (χ3v) is 4.96. The molecule has 176 valence electrons. The number of carbonyl (C=O) groups excluding carboxylic acids is 3. The van der Waals surface area contributed by atoms with Gasteiger partial charge in [0.25, 0.3) is 5.91 Å². The first kappa shape index (κ1) is 24.4. The van der Waals surface area contributed by atoms with Crippen LogP contribution in [0, 0.1) is 0 Å². The van der Waals surface area contributed by atoms with E-state index in [4.69, 9.17) is 9.47 Å². The van der Waals surface area contributed by atoms with Crippen molar-refractivity contribution in [1.29, 1.82) is 0 Å². The second-order valence-electron chi connectivity index (χ2n) is 7.49. The number of amides is 2. The molecule has 0 aliphatic rings. The maximum atomic E-state index is 12.9. The Morgan fingerprint density at radius 1 is 0.941 bits per heavy atom. The molecule has 9 heteroatoms. The van der Waals surface area contributed by atoms with E-state index in [1.807, 2.05) is 42.5 Å². The molecule has 1 heterocycles. The van der Waals surface area contributed by atoms with E-state index in [1.54, 1.807) is 19.2 Å². The Hall–Kier alpha value is -4.27. The van der Waals surface area contributed by atoms with Gasteiger partial charge in [-0.3, -0.25) is 14.6 Å². The molecule has 2 N–H and O–H groups in total. The number of methoxy groups -OCH3 is 1. The summed E-state index contributed by atoms with van der Waals surface area (Å²) in [4.78, 5) is 45.7. The van der Waals surface area contributed by atoms with Crippen molar-refractivity contribution in [2.45, 2.75) is 32.0 Å². The zero-order valence-electron chi connectivity index (χ0n) is 18.9. The van der Waals surface area contributed by atoms with E-state index in [9.17, 15) is 14.4 Å². The number of hydrogen-bond donors (Lipinski definition) is 2. The summed E-state index contributed by atoms with van der Waals surface area (Å²) < 4.78 is 10.6. The van der Waals surface area contributed by atoms with Crippen LogP contribution in [0.25, 0.3) is 0 Å². The topological polar surface area (TPSA) is 120 Å². The highest BCUT2D eigenvalue weighted by Gasteiger charge is 2.26. The van der Waals surface area contributed by atoms with Crippen molar-refractivity contribution in [3.05, 3.63) is 90.0 Å².